The summed E-state index contributed by atoms with van der Waals surface area (Å²) in [5.41, 5.74) is -1.06. The van der Waals surface area contributed by atoms with Crippen LogP contribution in [0.5, 0.6) is 0 Å². The Labute approximate surface area is 346 Å². The van der Waals surface area contributed by atoms with E-state index in [4.69, 9.17) is 9.47 Å². The quantitative estimate of drug-likeness (QED) is 0.120. The monoisotopic (exact) mass is 812 g/mol. The molecule has 4 aromatic rings. The maximum atomic E-state index is 14.0. The molecule has 2 aliphatic rings. The van der Waals surface area contributed by atoms with E-state index in [2.05, 4.69) is 10.6 Å². The first kappa shape index (κ1) is 42.7. The van der Waals surface area contributed by atoms with Crippen molar-refractivity contribution in [1.29, 1.82) is 0 Å². The molecule has 2 unspecified atom stereocenters. The number of benzene rings is 4. The smallest absolute Gasteiger partial charge is 0.408 e. The fraction of sp³-hybridized carbons (Fsp3) is 0.298. The molecule has 2 amide bonds. The number of carbonyl (C=O) groups is 9. The van der Waals surface area contributed by atoms with E-state index < -0.39 is 87.8 Å². The van der Waals surface area contributed by atoms with Crippen molar-refractivity contribution in [3.8, 4) is 0 Å². The minimum atomic E-state index is -1.79. The largest absolute Gasteiger partial charge is 0.444 e. The highest BCUT2D eigenvalue weighted by Crippen LogP contribution is 2.33. The van der Waals surface area contributed by atoms with E-state index >= 15 is 0 Å². The summed E-state index contributed by atoms with van der Waals surface area (Å²) in [7, 11) is 0. The molecule has 13 nitrogen and oxygen atoms in total. The SMILES string of the molecule is CC(C)(C)OC(=O)N[C@@H](Cc1ccccc1)C(=O)C1C(=O)c2ccc(C(=O)c3ccc4c(c3)C(=O)C(C(=O)[C@H](Cc3ccccc3)NC(=O)OC(C)(C)C)C4=O)cc2C1=O. The zero-order chi connectivity index (χ0) is 43.7. The van der Waals surface area contributed by atoms with E-state index in [1.165, 1.54) is 36.4 Å². The van der Waals surface area contributed by atoms with Gasteiger partial charge in [0.15, 0.2) is 40.5 Å². The van der Waals surface area contributed by atoms with Crippen LogP contribution in [0.3, 0.4) is 0 Å². The molecule has 2 N–H and O–H groups in total. The van der Waals surface area contributed by atoms with Crippen LogP contribution in [0, 0.1) is 11.8 Å². The van der Waals surface area contributed by atoms with Crippen molar-refractivity contribution in [3.63, 3.8) is 0 Å². The number of ketones is 7. The Balaban J connectivity index is 1.23. The molecule has 0 radical (unpaired) electrons. The van der Waals surface area contributed by atoms with Crippen LogP contribution in [0.1, 0.15) is 110 Å². The van der Waals surface area contributed by atoms with Gasteiger partial charge in [0.05, 0.1) is 12.1 Å². The Morgan fingerprint density at radius 2 is 0.833 bits per heavy atom. The predicted molar refractivity (Wildman–Crippen MR) is 217 cm³/mol. The number of ether oxygens (including phenoxy) is 2. The highest BCUT2D eigenvalue weighted by Gasteiger charge is 2.48. The van der Waals surface area contributed by atoms with Gasteiger partial charge >= 0.3 is 12.2 Å². The third-order valence-corrected chi connectivity index (χ3v) is 9.88. The molecule has 0 aromatic heterocycles. The summed E-state index contributed by atoms with van der Waals surface area (Å²) in [6, 6.07) is 22.4. The molecular weight excluding hydrogens is 769 g/mol. The summed E-state index contributed by atoms with van der Waals surface area (Å²) in [5, 5.41) is 5.04. The van der Waals surface area contributed by atoms with Gasteiger partial charge in [0, 0.05) is 33.4 Å². The van der Waals surface area contributed by atoms with Crippen LogP contribution < -0.4 is 10.6 Å². The highest BCUT2D eigenvalue weighted by molar-refractivity contribution is 6.38. The second-order valence-electron chi connectivity index (χ2n) is 16.8. The average molecular weight is 813 g/mol. The first-order valence-corrected chi connectivity index (χ1v) is 19.4. The molecule has 6 rings (SSSR count). The number of hydrogen-bond acceptors (Lipinski definition) is 11. The van der Waals surface area contributed by atoms with E-state index in [0.29, 0.717) is 11.1 Å². The minimum absolute atomic E-state index is 0.0317. The van der Waals surface area contributed by atoms with E-state index in [1.54, 1.807) is 102 Å². The van der Waals surface area contributed by atoms with Crippen LogP contribution in [0.4, 0.5) is 9.59 Å². The van der Waals surface area contributed by atoms with E-state index in [-0.39, 0.29) is 46.2 Å². The number of amides is 2. The second kappa shape index (κ2) is 16.8. The molecule has 4 aromatic carbocycles. The Morgan fingerprint density at radius 3 is 1.17 bits per heavy atom. The summed E-state index contributed by atoms with van der Waals surface area (Å²) >= 11 is 0. The summed E-state index contributed by atoms with van der Waals surface area (Å²) in [4.78, 5) is 122. The lowest BCUT2D eigenvalue weighted by atomic mass is 9.90. The molecule has 4 atom stereocenters. The number of rotatable bonds is 12. The molecule has 0 fully saturated rings. The molecule has 0 aliphatic heterocycles. The third kappa shape index (κ3) is 9.36. The Morgan fingerprint density at radius 1 is 0.500 bits per heavy atom. The van der Waals surface area contributed by atoms with Gasteiger partial charge in [-0.1, -0.05) is 72.8 Å². The Kier molecular flexibility index (Phi) is 11.9. The van der Waals surface area contributed by atoms with Gasteiger partial charge in [-0.2, -0.15) is 0 Å². The maximum absolute atomic E-state index is 14.0. The second-order valence-corrected chi connectivity index (χ2v) is 16.8. The van der Waals surface area contributed by atoms with Crippen molar-refractivity contribution in [3.05, 3.63) is 142 Å². The fourth-order valence-corrected chi connectivity index (χ4v) is 7.20. The lowest BCUT2D eigenvalue weighted by molar-refractivity contribution is -0.123. The first-order valence-electron chi connectivity index (χ1n) is 19.4. The lowest BCUT2D eigenvalue weighted by Crippen LogP contribution is -2.48. The molecule has 13 heteroatoms. The van der Waals surface area contributed by atoms with Gasteiger partial charge in [0.1, 0.15) is 23.0 Å². The van der Waals surface area contributed by atoms with Gasteiger partial charge in [-0.25, -0.2) is 9.59 Å². The van der Waals surface area contributed by atoms with Gasteiger partial charge in [-0.05, 0) is 89.8 Å². The van der Waals surface area contributed by atoms with Crippen molar-refractivity contribution in [2.24, 2.45) is 11.8 Å². The summed E-state index contributed by atoms with van der Waals surface area (Å²) in [6.45, 7) is 9.89. The number of Topliss-reactive ketones (excluding diaryl/α,β-unsaturated/α-hetero) is 6. The van der Waals surface area contributed by atoms with Crippen molar-refractivity contribution in [2.75, 3.05) is 0 Å². The summed E-state index contributed by atoms with van der Waals surface area (Å²) in [6.07, 6.45) is -1.88. The molecule has 0 heterocycles. The summed E-state index contributed by atoms with van der Waals surface area (Å²) in [5.74, 6) is -9.21. The number of hydrogen-bond donors (Lipinski definition) is 2. The molecule has 0 saturated carbocycles. The standard InChI is InChI=1S/C47H44N2O11/c1-46(2,3)59-44(57)48-33(21-25-13-9-7-10-14-25)42(55)35-38(51)29-19-17-27(23-31(29)40(35)53)37(50)28-18-20-30-32(24-28)41(54)36(39(30)52)43(56)34(22-26-15-11-8-12-16-26)49-45(58)60-47(4,5)6/h7-20,23-24,33-36H,21-22H2,1-6H3,(H,48,57)(H,49,58)/t33-,34-,35?,36?/m0/s1. The minimum Gasteiger partial charge on any atom is -0.444 e. The molecule has 60 heavy (non-hydrogen) atoms. The molecule has 0 bridgehead atoms. The van der Waals surface area contributed by atoms with Crippen LogP contribution in [0.25, 0.3) is 0 Å². The van der Waals surface area contributed by atoms with E-state index in [1.807, 2.05) is 0 Å². The topological polar surface area (TPSA) is 196 Å². The van der Waals surface area contributed by atoms with Crippen LogP contribution in [0.2, 0.25) is 0 Å². The van der Waals surface area contributed by atoms with Crippen molar-refractivity contribution in [2.45, 2.75) is 77.7 Å². The van der Waals surface area contributed by atoms with E-state index in [0.717, 1.165) is 0 Å². The van der Waals surface area contributed by atoms with Crippen LogP contribution in [-0.2, 0) is 31.9 Å². The number of carbonyl (C=O) groups excluding carboxylic acids is 9. The zero-order valence-electron chi connectivity index (χ0n) is 34.0. The number of nitrogens with one attached hydrogen (secondary N) is 2. The first-order chi connectivity index (χ1) is 28.2. The van der Waals surface area contributed by atoms with E-state index in [9.17, 15) is 43.2 Å². The molecule has 2 aliphatic carbocycles. The average Bonchev–Trinajstić information content (AvgIpc) is 3.58. The Bertz CT molecular complexity index is 2270. The number of alkyl carbamates (subject to hydrolysis) is 2. The highest BCUT2D eigenvalue weighted by atomic mass is 16.6. The van der Waals surface area contributed by atoms with Crippen LogP contribution in [0.15, 0.2) is 97.1 Å². The number of fused-ring (bicyclic) bond motifs is 2. The lowest BCUT2D eigenvalue weighted by Gasteiger charge is -2.24. The van der Waals surface area contributed by atoms with Crippen molar-refractivity contribution >= 4 is 52.7 Å². The normalized spacial score (nSPS) is 17.0. The van der Waals surface area contributed by atoms with Gasteiger partial charge in [0.2, 0.25) is 0 Å². The van der Waals surface area contributed by atoms with Crippen LogP contribution in [-0.4, -0.2) is 76.0 Å². The summed E-state index contributed by atoms with van der Waals surface area (Å²) < 4.78 is 10.7. The van der Waals surface area contributed by atoms with Crippen LogP contribution >= 0.6 is 0 Å². The third-order valence-electron chi connectivity index (χ3n) is 9.88. The molecule has 0 spiro atoms. The zero-order valence-corrected chi connectivity index (χ0v) is 34.0. The van der Waals surface area contributed by atoms with Gasteiger partial charge < -0.3 is 20.1 Å². The maximum Gasteiger partial charge on any atom is 0.408 e. The Hall–Kier alpha value is -6.89. The molecule has 308 valence electrons. The molecular formula is C47H44N2O11. The fourth-order valence-electron chi connectivity index (χ4n) is 7.20. The van der Waals surface area contributed by atoms with Gasteiger partial charge in [-0.3, -0.25) is 33.6 Å². The predicted octanol–water partition coefficient (Wildman–Crippen LogP) is 6.32. The van der Waals surface area contributed by atoms with Crippen molar-refractivity contribution < 1.29 is 52.6 Å². The van der Waals surface area contributed by atoms with Gasteiger partial charge in [0.25, 0.3) is 0 Å². The van der Waals surface area contributed by atoms with Gasteiger partial charge in [-0.15, -0.1) is 0 Å². The van der Waals surface area contributed by atoms with Crippen molar-refractivity contribution in [1.82, 2.24) is 10.6 Å². The molecule has 0 saturated heterocycles.